The molecular weight excluding hydrogens is 506 g/mol. The number of methoxy groups -OCH3 is 1. The third-order valence-corrected chi connectivity index (χ3v) is 7.11. The lowest BCUT2D eigenvalue weighted by Gasteiger charge is -2.28. The Kier molecular flexibility index (Phi) is 7.41. The molecule has 0 bridgehead atoms. The fourth-order valence-electron chi connectivity index (χ4n) is 4.87. The third-order valence-electron chi connectivity index (χ3n) is 6.50. The van der Waals surface area contributed by atoms with Gasteiger partial charge in [0.25, 0.3) is 0 Å². The van der Waals surface area contributed by atoms with Crippen LogP contribution in [0.2, 0.25) is 5.02 Å². The van der Waals surface area contributed by atoms with Crippen LogP contribution < -0.4 is 15.0 Å². The monoisotopic (exact) mass is 533 g/mol. The third kappa shape index (κ3) is 4.92. The number of nitrogens with zero attached hydrogens (tertiary/aromatic N) is 4. The number of aromatic nitrogens is 3. The molecule has 9 heteroatoms. The number of halogens is 1. The first-order valence-corrected chi connectivity index (χ1v) is 12.8. The van der Waals surface area contributed by atoms with Crippen molar-refractivity contribution >= 4 is 34.6 Å². The van der Waals surface area contributed by atoms with E-state index in [9.17, 15) is 0 Å². The number of anilines is 1. The Morgan fingerprint density at radius 1 is 1.00 bits per heavy atom. The van der Waals surface area contributed by atoms with E-state index in [1.807, 2.05) is 54.6 Å². The molecule has 0 saturated carbocycles. The minimum atomic E-state index is -0.164. The first kappa shape index (κ1) is 25.2. The van der Waals surface area contributed by atoms with Gasteiger partial charge in [0.05, 0.1) is 29.4 Å². The van der Waals surface area contributed by atoms with Crippen molar-refractivity contribution in [2.45, 2.75) is 25.9 Å². The summed E-state index contributed by atoms with van der Waals surface area (Å²) in [7, 11) is 1.64. The Morgan fingerprint density at radius 3 is 2.46 bits per heavy atom. The van der Waals surface area contributed by atoms with Gasteiger partial charge in [0, 0.05) is 36.6 Å². The molecular formula is C28H28ClN5O2S. The highest BCUT2D eigenvalue weighted by molar-refractivity contribution is 7.80. The smallest absolute Gasteiger partial charge is 0.174 e. The molecule has 1 aromatic carbocycles. The predicted molar refractivity (Wildman–Crippen MR) is 150 cm³/mol. The molecule has 0 unspecified atom stereocenters. The molecule has 7 nitrogen and oxygen atoms in total. The topological polar surface area (TPSA) is 64.4 Å². The van der Waals surface area contributed by atoms with Gasteiger partial charge in [0.15, 0.2) is 5.11 Å². The van der Waals surface area contributed by atoms with E-state index in [0.29, 0.717) is 29.1 Å². The van der Waals surface area contributed by atoms with E-state index in [4.69, 9.17) is 33.3 Å². The van der Waals surface area contributed by atoms with Gasteiger partial charge < -0.3 is 24.3 Å². The van der Waals surface area contributed by atoms with Gasteiger partial charge in [0.2, 0.25) is 0 Å². The summed E-state index contributed by atoms with van der Waals surface area (Å²) < 4.78 is 13.0. The highest BCUT2D eigenvalue weighted by Gasteiger charge is 2.42. The highest BCUT2D eigenvalue weighted by Crippen LogP contribution is 2.44. The van der Waals surface area contributed by atoms with Crippen LogP contribution in [0.4, 0.5) is 5.69 Å². The van der Waals surface area contributed by atoms with Crippen LogP contribution >= 0.6 is 23.8 Å². The number of ether oxygens (including phenoxy) is 2. The van der Waals surface area contributed by atoms with E-state index < -0.39 is 0 Å². The quantitative estimate of drug-likeness (QED) is 0.229. The molecule has 37 heavy (non-hydrogen) atoms. The van der Waals surface area contributed by atoms with Gasteiger partial charge in [0.1, 0.15) is 18.2 Å². The van der Waals surface area contributed by atoms with Crippen LogP contribution in [0.25, 0.3) is 5.82 Å². The van der Waals surface area contributed by atoms with Gasteiger partial charge in [-0.05, 0) is 80.2 Å². The molecule has 1 fully saturated rings. The molecule has 5 rings (SSSR count). The summed E-state index contributed by atoms with van der Waals surface area (Å²) in [6.45, 7) is 5.11. The number of hydrogen-bond donors (Lipinski definition) is 1. The number of benzene rings is 1. The van der Waals surface area contributed by atoms with Crippen molar-refractivity contribution in [2.24, 2.45) is 0 Å². The van der Waals surface area contributed by atoms with Crippen molar-refractivity contribution in [3.8, 4) is 11.6 Å². The number of pyridine rings is 2. The first-order chi connectivity index (χ1) is 18.0. The number of thiocarbonyl (C=S) groups is 1. The van der Waals surface area contributed by atoms with Gasteiger partial charge in [-0.1, -0.05) is 23.7 Å². The molecule has 0 amide bonds. The normalized spacial score (nSPS) is 17.2. The molecule has 190 valence electrons. The van der Waals surface area contributed by atoms with Crippen LogP contribution in [-0.2, 0) is 4.74 Å². The lowest BCUT2D eigenvalue weighted by molar-refractivity contribution is 0.146. The van der Waals surface area contributed by atoms with Crippen LogP contribution in [0.1, 0.15) is 34.7 Å². The van der Waals surface area contributed by atoms with E-state index >= 15 is 0 Å². The van der Waals surface area contributed by atoms with E-state index in [-0.39, 0.29) is 12.1 Å². The van der Waals surface area contributed by atoms with E-state index in [1.165, 1.54) is 0 Å². The van der Waals surface area contributed by atoms with Crippen molar-refractivity contribution in [3.63, 3.8) is 0 Å². The molecule has 1 saturated heterocycles. The van der Waals surface area contributed by atoms with Crippen molar-refractivity contribution < 1.29 is 9.47 Å². The van der Waals surface area contributed by atoms with Gasteiger partial charge in [-0.15, -0.1) is 0 Å². The van der Waals surface area contributed by atoms with Crippen LogP contribution in [0, 0.1) is 13.8 Å². The molecule has 4 aromatic rings. The standard InChI is InChI=1S/C28H28ClN5O2S/c1-18-16-21(19(2)33(18)25-9-5-7-13-31-25)27-26(23-8-4-6-12-30-23)32-28(37)34(27)20-10-11-24(22(29)17-20)36-15-14-35-3/h4-13,16-17,26-27H,14-15H2,1-3H3,(H,32,37)/t26-,27-/m1/s1. The van der Waals surface area contributed by atoms with Gasteiger partial charge in [-0.25, -0.2) is 4.98 Å². The van der Waals surface area contributed by atoms with Crippen LogP contribution in [0.3, 0.4) is 0 Å². The Hall–Kier alpha value is -3.46. The second kappa shape index (κ2) is 10.9. The molecule has 0 spiro atoms. The number of aryl methyl sites for hydroxylation is 1. The molecule has 1 N–H and O–H groups in total. The maximum atomic E-state index is 6.64. The molecule has 2 atom stereocenters. The summed E-state index contributed by atoms with van der Waals surface area (Å²) in [5.41, 5.74) is 5.08. The second-order valence-electron chi connectivity index (χ2n) is 8.80. The van der Waals surface area contributed by atoms with Crippen molar-refractivity contribution in [1.82, 2.24) is 19.9 Å². The van der Waals surface area contributed by atoms with E-state index in [2.05, 4.69) is 44.7 Å². The Labute approximate surface area is 227 Å². The predicted octanol–water partition coefficient (Wildman–Crippen LogP) is 5.74. The average Bonchev–Trinajstić information content (AvgIpc) is 3.41. The van der Waals surface area contributed by atoms with Gasteiger partial charge in [-0.3, -0.25) is 4.98 Å². The Bertz CT molecular complexity index is 1400. The maximum Gasteiger partial charge on any atom is 0.174 e. The number of nitrogens with one attached hydrogen (secondary N) is 1. The molecule has 0 aliphatic carbocycles. The zero-order valence-electron chi connectivity index (χ0n) is 20.9. The second-order valence-corrected chi connectivity index (χ2v) is 9.60. The first-order valence-electron chi connectivity index (χ1n) is 12.0. The van der Waals surface area contributed by atoms with Crippen molar-refractivity contribution in [2.75, 3.05) is 25.2 Å². The summed E-state index contributed by atoms with van der Waals surface area (Å²) >= 11 is 12.5. The minimum absolute atomic E-state index is 0.164. The highest BCUT2D eigenvalue weighted by atomic mass is 35.5. The zero-order valence-corrected chi connectivity index (χ0v) is 22.5. The largest absolute Gasteiger partial charge is 0.490 e. The molecule has 1 aliphatic heterocycles. The van der Waals surface area contributed by atoms with Crippen LogP contribution in [0.5, 0.6) is 5.75 Å². The maximum absolute atomic E-state index is 6.64. The SMILES string of the molecule is COCCOc1ccc(N2C(=S)N[C@H](c3ccccn3)[C@H]2c2cc(C)n(-c3ccccn3)c2C)cc1Cl. The zero-order chi connectivity index (χ0) is 25.9. The van der Waals surface area contributed by atoms with E-state index in [0.717, 1.165) is 34.2 Å². The molecule has 0 radical (unpaired) electrons. The Morgan fingerprint density at radius 2 is 1.78 bits per heavy atom. The van der Waals surface area contributed by atoms with Crippen LogP contribution in [0.15, 0.2) is 73.1 Å². The number of hydrogen-bond acceptors (Lipinski definition) is 5. The summed E-state index contributed by atoms with van der Waals surface area (Å²) in [5.74, 6) is 1.48. The minimum Gasteiger partial charge on any atom is -0.490 e. The van der Waals surface area contributed by atoms with Gasteiger partial charge >= 0.3 is 0 Å². The molecule has 1 aliphatic rings. The van der Waals surface area contributed by atoms with Crippen molar-refractivity contribution in [1.29, 1.82) is 0 Å². The summed E-state index contributed by atoms with van der Waals surface area (Å²) in [4.78, 5) is 11.4. The molecule has 4 heterocycles. The Balaban J connectivity index is 1.60. The van der Waals surface area contributed by atoms with Gasteiger partial charge in [-0.2, -0.15) is 0 Å². The number of rotatable bonds is 8. The fraction of sp³-hybridized carbons (Fsp3) is 0.250. The van der Waals surface area contributed by atoms with Crippen molar-refractivity contribution in [3.05, 3.63) is 101 Å². The fourth-order valence-corrected chi connectivity index (χ4v) is 5.44. The summed E-state index contributed by atoms with van der Waals surface area (Å²) in [6.07, 6.45) is 3.61. The molecule has 3 aromatic heterocycles. The average molecular weight is 534 g/mol. The van der Waals surface area contributed by atoms with E-state index in [1.54, 1.807) is 19.5 Å². The lowest BCUT2D eigenvalue weighted by Crippen LogP contribution is -2.29. The lowest BCUT2D eigenvalue weighted by atomic mass is 9.96. The summed E-state index contributed by atoms with van der Waals surface area (Å²) in [5, 5.41) is 4.63. The summed E-state index contributed by atoms with van der Waals surface area (Å²) in [6, 6.07) is 19.5. The van der Waals surface area contributed by atoms with Crippen LogP contribution in [-0.4, -0.2) is 40.0 Å².